The van der Waals surface area contributed by atoms with E-state index < -0.39 is 17.8 Å². The van der Waals surface area contributed by atoms with Crippen LogP contribution in [0.1, 0.15) is 28.5 Å². The normalized spacial score (nSPS) is 11.7. The minimum atomic E-state index is -4.64. The SMILES string of the molecule is CCc1c(C(F)(F)F)noc1NC(=O)c1cnc2cnccc2c1. The lowest BCUT2D eigenvalue weighted by Gasteiger charge is -2.06. The minimum absolute atomic E-state index is 0.00952. The number of rotatable bonds is 3. The van der Waals surface area contributed by atoms with Crippen LogP contribution < -0.4 is 5.32 Å². The van der Waals surface area contributed by atoms with Gasteiger partial charge >= 0.3 is 6.18 Å². The zero-order valence-electron chi connectivity index (χ0n) is 12.4. The molecule has 1 amide bonds. The van der Waals surface area contributed by atoms with Crippen molar-refractivity contribution in [3.63, 3.8) is 0 Å². The van der Waals surface area contributed by atoms with Crippen LogP contribution in [0.5, 0.6) is 0 Å². The minimum Gasteiger partial charge on any atom is -0.338 e. The summed E-state index contributed by atoms with van der Waals surface area (Å²) in [6.45, 7) is 1.52. The predicted octanol–water partition coefficient (Wildman–Crippen LogP) is 3.45. The van der Waals surface area contributed by atoms with Gasteiger partial charge < -0.3 is 4.52 Å². The Balaban J connectivity index is 1.90. The van der Waals surface area contributed by atoms with Crippen molar-refractivity contribution < 1.29 is 22.5 Å². The number of carbonyl (C=O) groups excluding carboxylic acids is 1. The van der Waals surface area contributed by atoms with E-state index in [1.165, 1.54) is 19.3 Å². The Hall–Kier alpha value is -2.97. The second-order valence-corrected chi connectivity index (χ2v) is 4.94. The molecule has 0 saturated carbocycles. The third-order valence-electron chi connectivity index (χ3n) is 3.39. The summed E-state index contributed by atoms with van der Waals surface area (Å²) in [6, 6.07) is 3.23. The van der Waals surface area contributed by atoms with Crippen molar-refractivity contribution in [2.45, 2.75) is 19.5 Å². The fourth-order valence-electron chi connectivity index (χ4n) is 2.23. The van der Waals surface area contributed by atoms with Crippen molar-refractivity contribution in [3.05, 3.63) is 47.5 Å². The molecular formula is C15H11F3N4O2. The van der Waals surface area contributed by atoms with Gasteiger partial charge in [-0.05, 0) is 18.6 Å². The van der Waals surface area contributed by atoms with Crippen LogP contribution in [0.25, 0.3) is 10.9 Å². The van der Waals surface area contributed by atoms with Crippen LogP contribution in [0.4, 0.5) is 19.1 Å². The summed E-state index contributed by atoms with van der Waals surface area (Å²) in [5.74, 6) is -0.953. The maximum atomic E-state index is 12.8. The van der Waals surface area contributed by atoms with E-state index in [9.17, 15) is 18.0 Å². The fraction of sp³-hybridized carbons (Fsp3) is 0.200. The van der Waals surface area contributed by atoms with E-state index in [1.807, 2.05) is 0 Å². The molecular weight excluding hydrogens is 325 g/mol. The van der Waals surface area contributed by atoms with Gasteiger partial charge in [-0.15, -0.1) is 0 Å². The molecule has 24 heavy (non-hydrogen) atoms. The molecule has 124 valence electrons. The summed E-state index contributed by atoms with van der Waals surface area (Å²) in [6.07, 6.45) is -0.234. The number of hydrogen-bond donors (Lipinski definition) is 1. The fourth-order valence-corrected chi connectivity index (χ4v) is 2.23. The molecule has 0 atom stereocenters. The van der Waals surface area contributed by atoms with Crippen LogP contribution in [-0.2, 0) is 12.6 Å². The number of aromatic nitrogens is 3. The lowest BCUT2D eigenvalue weighted by molar-refractivity contribution is -0.143. The lowest BCUT2D eigenvalue weighted by Crippen LogP contribution is -2.14. The van der Waals surface area contributed by atoms with Crippen molar-refractivity contribution in [2.24, 2.45) is 0 Å². The van der Waals surface area contributed by atoms with Gasteiger partial charge in [0.05, 0.1) is 17.3 Å². The highest BCUT2D eigenvalue weighted by Gasteiger charge is 2.39. The first-order chi connectivity index (χ1) is 11.4. The number of amides is 1. The highest BCUT2D eigenvalue weighted by Crippen LogP contribution is 2.35. The molecule has 0 fully saturated rings. The summed E-state index contributed by atoms with van der Waals surface area (Å²) in [4.78, 5) is 20.2. The molecule has 0 spiro atoms. The highest BCUT2D eigenvalue weighted by atomic mass is 19.4. The quantitative estimate of drug-likeness (QED) is 0.792. The Bertz CT molecular complexity index is 905. The molecule has 9 heteroatoms. The summed E-state index contributed by atoms with van der Waals surface area (Å²) in [5, 5.41) is 6.01. The molecule has 3 aromatic heterocycles. The second-order valence-electron chi connectivity index (χ2n) is 4.94. The zero-order valence-corrected chi connectivity index (χ0v) is 12.4. The van der Waals surface area contributed by atoms with E-state index in [1.54, 1.807) is 18.3 Å². The van der Waals surface area contributed by atoms with Gasteiger partial charge in [0.25, 0.3) is 5.91 Å². The number of nitrogens with zero attached hydrogens (tertiary/aromatic N) is 3. The summed E-state index contributed by atoms with van der Waals surface area (Å²) < 4.78 is 43.2. The first kappa shape index (κ1) is 15.9. The smallest absolute Gasteiger partial charge is 0.338 e. The molecule has 3 aromatic rings. The number of carbonyl (C=O) groups is 1. The molecule has 0 bridgehead atoms. The number of hydrogen-bond acceptors (Lipinski definition) is 5. The Morgan fingerprint density at radius 1 is 1.33 bits per heavy atom. The molecule has 3 heterocycles. The highest BCUT2D eigenvalue weighted by molar-refractivity contribution is 6.05. The van der Waals surface area contributed by atoms with Crippen molar-refractivity contribution in [1.82, 2.24) is 15.1 Å². The Kier molecular flexibility index (Phi) is 3.92. The summed E-state index contributed by atoms with van der Waals surface area (Å²) in [7, 11) is 0. The van der Waals surface area contributed by atoms with Crippen LogP contribution in [0.3, 0.4) is 0 Å². The van der Waals surface area contributed by atoms with E-state index in [2.05, 4.69) is 25.0 Å². The van der Waals surface area contributed by atoms with E-state index in [0.717, 1.165) is 0 Å². The predicted molar refractivity (Wildman–Crippen MR) is 78.4 cm³/mol. The molecule has 0 saturated heterocycles. The van der Waals surface area contributed by atoms with Crippen LogP contribution in [-0.4, -0.2) is 21.0 Å². The molecule has 0 radical (unpaired) electrons. The van der Waals surface area contributed by atoms with Gasteiger partial charge in [0.1, 0.15) is 0 Å². The number of pyridine rings is 2. The molecule has 3 rings (SSSR count). The van der Waals surface area contributed by atoms with Crippen molar-refractivity contribution >= 4 is 22.7 Å². The second kappa shape index (κ2) is 5.91. The topological polar surface area (TPSA) is 80.9 Å². The molecule has 0 aliphatic carbocycles. The third-order valence-corrected chi connectivity index (χ3v) is 3.39. The largest absolute Gasteiger partial charge is 0.437 e. The van der Waals surface area contributed by atoms with Gasteiger partial charge in [-0.3, -0.25) is 20.1 Å². The molecule has 0 aliphatic heterocycles. The number of fused-ring (bicyclic) bond motifs is 1. The van der Waals surface area contributed by atoms with Crippen molar-refractivity contribution in [3.8, 4) is 0 Å². The first-order valence-electron chi connectivity index (χ1n) is 6.97. The Morgan fingerprint density at radius 2 is 2.12 bits per heavy atom. The molecule has 6 nitrogen and oxygen atoms in total. The van der Waals surface area contributed by atoms with Crippen LogP contribution in [0, 0.1) is 0 Å². The van der Waals surface area contributed by atoms with E-state index in [0.29, 0.717) is 10.9 Å². The Morgan fingerprint density at radius 3 is 2.83 bits per heavy atom. The Labute approximate surface area is 133 Å². The van der Waals surface area contributed by atoms with Gasteiger partial charge in [-0.2, -0.15) is 13.2 Å². The van der Waals surface area contributed by atoms with Crippen LogP contribution in [0.15, 0.2) is 35.2 Å². The van der Waals surface area contributed by atoms with Gasteiger partial charge in [0.2, 0.25) is 5.88 Å². The number of anilines is 1. The molecule has 0 aliphatic rings. The number of alkyl halides is 3. The van der Waals surface area contributed by atoms with Crippen LogP contribution >= 0.6 is 0 Å². The number of halogens is 3. The van der Waals surface area contributed by atoms with E-state index in [4.69, 9.17) is 0 Å². The molecule has 1 N–H and O–H groups in total. The van der Waals surface area contributed by atoms with Crippen molar-refractivity contribution in [2.75, 3.05) is 5.32 Å². The van der Waals surface area contributed by atoms with Gasteiger partial charge in [-0.1, -0.05) is 12.1 Å². The summed E-state index contributed by atoms with van der Waals surface area (Å²) >= 11 is 0. The van der Waals surface area contributed by atoms with Crippen LogP contribution in [0.2, 0.25) is 0 Å². The van der Waals surface area contributed by atoms with Gasteiger partial charge in [-0.25, -0.2) is 0 Å². The lowest BCUT2D eigenvalue weighted by atomic mass is 10.1. The maximum Gasteiger partial charge on any atom is 0.437 e. The third kappa shape index (κ3) is 2.92. The molecule has 0 aromatic carbocycles. The average Bonchev–Trinajstić information content (AvgIpc) is 2.97. The monoisotopic (exact) mass is 336 g/mol. The van der Waals surface area contributed by atoms with E-state index in [-0.39, 0.29) is 23.4 Å². The molecule has 0 unspecified atom stereocenters. The summed E-state index contributed by atoms with van der Waals surface area (Å²) in [5.41, 5.74) is -0.556. The standard InChI is InChI=1S/C15H11F3N4O2/c1-2-10-12(15(16,17)18)22-24-14(10)21-13(23)9-5-8-3-4-19-7-11(8)20-6-9/h3-7H,2H2,1H3,(H,21,23). The van der Waals surface area contributed by atoms with Crippen molar-refractivity contribution in [1.29, 1.82) is 0 Å². The van der Waals surface area contributed by atoms with E-state index >= 15 is 0 Å². The first-order valence-corrected chi connectivity index (χ1v) is 6.97. The number of nitrogens with one attached hydrogen (secondary N) is 1. The maximum absolute atomic E-state index is 12.8. The zero-order chi connectivity index (χ0) is 17.3. The average molecular weight is 336 g/mol. The van der Waals surface area contributed by atoms with Gasteiger partial charge in [0.15, 0.2) is 5.69 Å². The van der Waals surface area contributed by atoms with Gasteiger partial charge in [0, 0.05) is 23.3 Å².